The second-order valence-electron chi connectivity index (χ2n) is 23.4. The van der Waals surface area contributed by atoms with Crippen LogP contribution >= 0.6 is 0 Å². The first kappa shape index (κ1) is 74.6. The van der Waals surface area contributed by atoms with Crippen LogP contribution in [0.2, 0.25) is 0 Å². The minimum Gasteiger partial charge on any atom is -0.462 e. The summed E-state index contributed by atoms with van der Waals surface area (Å²) in [6, 6.07) is 0. The van der Waals surface area contributed by atoms with E-state index in [1.807, 2.05) is 0 Å². The molecule has 0 spiro atoms. The van der Waals surface area contributed by atoms with Gasteiger partial charge in [-0.15, -0.1) is 0 Å². The Kier molecular flexibility index (Phi) is 64.1. The highest BCUT2D eigenvalue weighted by atomic mass is 16.6. The molecule has 0 rings (SSSR count). The number of rotatable bonds is 64. The average Bonchev–Trinajstić information content (AvgIpc) is 3.43. The molecule has 0 aliphatic rings. The van der Waals surface area contributed by atoms with E-state index in [2.05, 4.69) is 57.2 Å². The van der Waals surface area contributed by atoms with E-state index in [-0.39, 0.29) is 31.1 Å². The molecule has 0 radical (unpaired) electrons. The van der Waals surface area contributed by atoms with Gasteiger partial charge in [0, 0.05) is 19.3 Å². The molecule has 0 aromatic heterocycles. The van der Waals surface area contributed by atoms with Crippen molar-refractivity contribution in [2.45, 2.75) is 386 Å². The van der Waals surface area contributed by atoms with Crippen LogP contribution in [-0.4, -0.2) is 37.2 Å². The van der Waals surface area contributed by atoms with E-state index in [1.165, 1.54) is 257 Å². The summed E-state index contributed by atoms with van der Waals surface area (Å²) in [5, 5.41) is 0. The van der Waals surface area contributed by atoms with Crippen LogP contribution in [0.15, 0.2) is 36.5 Å². The Hall–Kier alpha value is -2.37. The highest BCUT2D eigenvalue weighted by molar-refractivity contribution is 5.71. The lowest BCUT2D eigenvalue weighted by Crippen LogP contribution is -2.30. The topological polar surface area (TPSA) is 78.9 Å². The largest absolute Gasteiger partial charge is 0.462 e. The molecule has 0 N–H and O–H groups in total. The monoisotopic (exact) mass is 1080 g/mol. The van der Waals surface area contributed by atoms with Crippen LogP contribution < -0.4 is 0 Å². The number of allylic oxidation sites excluding steroid dienone is 6. The van der Waals surface area contributed by atoms with Crippen LogP contribution in [0, 0.1) is 0 Å². The third-order valence-electron chi connectivity index (χ3n) is 15.6. The van der Waals surface area contributed by atoms with Gasteiger partial charge in [0.05, 0.1) is 0 Å². The zero-order chi connectivity index (χ0) is 55.7. The summed E-state index contributed by atoms with van der Waals surface area (Å²) >= 11 is 0. The predicted molar refractivity (Wildman–Crippen MR) is 335 cm³/mol. The maximum absolute atomic E-state index is 12.9. The molecular formula is C71H132O6. The van der Waals surface area contributed by atoms with E-state index in [9.17, 15) is 14.4 Å². The van der Waals surface area contributed by atoms with Crippen molar-refractivity contribution in [3.8, 4) is 0 Å². The Morgan fingerprint density at radius 3 is 0.766 bits per heavy atom. The summed E-state index contributed by atoms with van der Waals surface area (Å²) in [5.74, 6) is -0.876. The summed E-state index contributed by atoms with van der Waals surface area (Å²) in [5.41, 5.74) is 0. The molecule has 0 bridgehead atoms. The third-order valence-corrected chi connectivity index (χ3v) is 15.6. The van der Waals surface area contributed by atoms with Gasteiger partial charge in [0.15, 0.2) is 6.10 Å². The van der Waals surface area contributed by atoms with Gasteiger partial charge in [-0.3, -0.25) is 14.4 Å². The second kappa shape index (κ2) is 66.1. The van der Waals surface area contributed by atoms with Crippen molar-refractivity contribution >= 4 is 17.9 Å². The Morgan fingerprint density at radius 1 is 0.260 bits per heavy atom. The first-order valence-electron chi connectivity index (χ1n) is 34.5. The molecule has 452 valence electrons. The molecule has 0 aromatic rings. The lowest BCUT2D eigenvalue weighted by Gasteiger charge is -2.18. The molecule has 1 atom stereocenters. The molecule has 0 aliphatic heterocycles. The quantitative estimate of drug-likeness (QED) is 0.0261. The minimum absolute atomic E-state index is 0.0760. The van der Waals surface area contributed by atoms with Gasteiger partial charge in [-0.25, -0.2) is 0 Å². The molecule has 0 saturated heterocycles. The van der Waals surface area contributed by atoms with Crippen molar-refractivity contribution in [1.82, 2.24) is 0 Å². The number of carbonyl (C=O) groups excluding carboxylic acids is 3. The fourth-order valence-electron chi connectivity index (χ4n) is 10.4. The normalized spacial score (nSPS) is 12.2. The molecule has 6 nitrogen and oxygen atoms in total. The van der Waals surface area contributed by atoms with E-state index in [1.54, 1.807) is 0 Å². The molecule has 0 aromatic carbocycles. The molecule has 77 heavy (non-hydrogen) atoms. The first-order chi connectivity index (χ1) is 38.0. The van der Waals surface area contributed by atoms with Crippen molar-refractivity contribution in [2.75, 3.05) is 13.2 Å². The highest BCUT2D eigenvalue weighted by Gasteiger charge is 2.19. The number of esters is 3. The van der Waals surface area contributed by atoms with Crippen molar-refractivity contribution in [1.29, 1.82) is 0 Å². The summed E-state index contributed by atoms with van der Waals surface area (Å²) in [7, 11) is 0. The Bertz CT molecular complexity index is 1290. The standard InChI is InChI=1S/C71H132O6/c1-4-7-10-13-16-19-22-25-28-29-30-31-32-33-34-35-36-37-38-39-40-41-42-44-46-49-52-55-58-61-64-70(73)76-67-68(66-75-69(72)63-60-57-54-51-48-45-27-24-21-18-15-12-9-6-3)77-71(74)65-62-59-56-53-50-47-43-26-23-20-17-14-11-8-5-2/h15,18,24,26-27,43,68H,4-14,16-17,19-23,25,28-42,44-67H2,1-3H3/b18-15-,27-24-,43-26-. The Morgan fingerprint density at radius 2 is 0.481 bits per heavy atom. The van der Waals surface area contributed by atoms with Gasteiger partial charge in [-0.05, 0) is 70.6 Å². The summed E-state index contributed by atoms with van der Waals surface area (Å²) in [6.45, 7) is 6.64. The van der Waals surface area contributed by atoms with Crippen molar-refractivity contribution in [2.24, 2.45) is 0 Å². The van der Waals surface area contributed by atoms with E-state index in [0.717, 1.165) is 83.5 Å². The number of carbonyl (C=O) groups is 3. The summed E-state index contributed by atoms with van der Waals surface area (Å²) < 4.78 is 16.9. The zero-order valence-electron chi connectivity index (χ0n) is 52.0. The van der Waals surface area contributed by atoms with Crippen molar-refractivity contribution < 1.29 is 28.6 Å². The van der Waals surface area contributed by atoms with Crippen LogP contribution in [0.4, 0.5) is 0 Å². The van der Waals surface area contributed by atoms with Gasteiger partial charge in [0.25, 0.3) is 0 Å². The lowest BCUT2D eigenvalue weighted by molar-refractivity contribution is -0.167. The van der Waals surface area contributed by atoms with Gasteiger partial charge < -0.3 is 14.2 Å². The average molecular weight is 1080 g/mol. The number of hydrogen-bond acceptors (Lipinski definition) is 6. The van der Waals surface area contributed by atoms with E-state index in [4.69, 9.17) is 14.2 Å². The number of unbranched alkanes of at least 4 members (excludes halogenated alkanes) is 47. The van der Waals surface area contributed by atoms with Gasteiger partial charge in [0.1, 0.15) is 13.2 Å². The van der Waals surface area contributed by atoms with E-state index < -0.39 is 6.10 Å². The molecule has 6 heteroatoms. The fraction of sp³-hybridized carbons (Fsp3) is 0.873. The van der Waals surface area contributed by atoms with Crippen LogP contribution in [0.5, 0.6) is 0 Å². The fourth-order valence-corrected chi connectivity index (χ4v) is 10.4. The smallest absolute Gasteiger partial charge is 0.306 e. The number of ether oxygens (including phenoxy) is 3. The first-order valence-corrected chi connectivity index (χ1v) is 34.5. The highest BCUT2D eigenvalue weighted by Crippen LogP contribution is 2.18. The molecular weight excluding hydrogens is 949 g/mol. The van der Waals surface area contributed by atoms with Crippen LogP contribution in [0.3, 0.4) is 0 Å². The van der Waals surface area contributed by atoms with Crippen LogP contribution in [0.25, 0.3) is 0 Å². The summed E-state index contributed by atoms with van der Waals surface area (Å²) in [6.07, 6.45) is 81.8. The minimum atomic E-state index is -0.781. The van der Waals surface area contributed by atoms with E-state index >= 15 is 0 Å². The van der Waals surface area contributed by atoms with E-state index in [0.29, 0.717) is 19.3 Å². The third kappa shape index (κ3) is 64.3. The summed E-state index contributed by atoms with van der Waals surface area (Å²) in [4.78, 5) is 38.3. The van der Waals surface area contributed by atoms with Gasteiger partial charge in [-0.2, -0.15) is 0 Å². The molecule has 0 fully saturated rings. The van der Waals surface area contributed by atoms with Gasteiger partial charge in [0.2, 0.25) is 0 Å². The van der Waals surface area contributed by atoms with Crippen molar-refractivity contribution in [3.63, 3.8) is 0 Å². The SMILES string of the molecule is CCCC/C=C\C/C=C\CCCCCCCC(=O)OCC(COC(=O)CCCCCCCCCCCCCCCCCCCCCCCCCCCCCCCC)OC(=O)CCCCCCC/C=C\CCCCCCCC. The molecule has 0 amide bonds. The second-order valence-corrected chi connectivity index (χ2v) is 23.4. The molecule has 0 heterocycles. The maximum Gasteiger partial charge on any atom is 0.306 e. The van der Waals surface area contributed by atoms with Crippen molar-refractivity contribution in [3.05, 3.63) is 36.5 Å². The molecule has 1 unspecified atom stereocenters. The molecule has 0 saturated carbocycles. The maximum atomic E-state index is 12.9. The number of hydrogen-bond donors (Lipinski definition) is 0. The van der Waals surface area contributed by atoms with Crippen LogP contribution in [-0.2, 0) is 28.6 Å². The Balaban J connectivity index is 4.14. The van der Waals surface area contributed by atoms with Gasteiger partial charge in [-0.1, -0.05) is 327 Å². The van der Waals surface area contributed by atoms with Crippen LogP contribution in [0.1, 0.15) is 380 Å². The molecule has 0 aliphatic carbocycles. The predicted octanol–water partition coefficient (Wildman–Crippen LogP) is 23.6. The van der Waals surface area contributed by atoms with Gasteiger partial charge >= 0.3 is 17.9 Å². The Labute approximate surface area is 480 Å². The zero-order valence-corrected chi connectivity index (χ0v) is 52.0. The lowest BCUT2D eigenvalue weighted by atomic mass is 10.0.